The summed E-state index contributed by atoms with van der Waals surface area (Å²) in [6.45, 7) is 0. The number of nitrogens with zero attached hydrogens (tertiary/aromatic N) is 2. The molecule has 1 saturated carbocycles. The van der Waals surface area contributed by atoms with Crippen LogP contribution in [0.5, 0.6) is 0 Å². The van der Waals surface area contributed by atoms with E-state index in [9.17, 15) is 9.90 Å². The second kappa shape index (κ2) is 5.57. The van der Waals surface area contributed by atoms with Crippen LogP contribution >= 0.6 is 27.3 Å². The van der Waals surface area contributed by atoms with Crippen LogP contribution in [0, 0.1) is 0 Å². The lowest BCUT2D eigenvalue weighted by Gasteiger charge is -2.43. The standard InChI is InChI=1S/C12H17BrN2O2S/c1-15(11-14-9(13)8-18-11)12(7-10(16)17)5-3-2-4-6-12/h8H,2-7H2,1H3,(H,16,17). The van der Waals surface area contributed by atoms with Crippen LogP contribution in [-0.4, -0.2) is 28.6 Å². The van der Waals surface area contributed by atoms with Gasteiger partial charge in [-0.3, -0.25) is 4.79 Å². The molecular weight excluding hydrogens is 316 g/mol. The number of aromatic nitrogens is 1. The average Bonchev–Trinajstić information content (AvgIpc) is 2.75. The number of carboxylic acid groups (broad SMARTS) is 1. The number of hydrogen-bond donors (Lipinski definition) is 1. The Morgan fingerprint density at radius 2 is 2.22 bits per heavy atom. The monoisotopic (exact) mass is 332 g/mol. The van der Waals surface area contributed by atoms with Crippen molar-refractivity contribution < 1.29 is 9.90 Å². The SMILES string of the molecule is CN(c1nc(Br)cs1)C1(CC(=O)O)CCCCC1. The number of thiazole rings is 1. The lowest BCUT2D eigenvalue weighted by molar-refractivity contribution is -0.138. The fourth-order valence-corrected chi connectivity index (χ4v) is 4.05. The van der Waals surface area contributed by atoms with Crippen LogP contribution in [0.4, 0.5) is 5.13 Å². The number of carbonyl (C=O) groups is 1. The summed E-state index contributed by atoms with van der Waals surface area (Å²) in [7, 11) is 1.97. The summed E-state index contributed by atoms with van der Waals surface area (Å²) >= 11 is 4.90. The van der Waals surface area contributed by atoms with E-state index in [1.807, 2.05) is 12.4 Å². The Labute approximate surface area is 119 Å². The molecule has 18 heavy (non-hydrogen) atoms. The first-order valence-electron chi connectivity index (χ1n) is 6.10. The predicted molar refractivity (Wildman–Crippen MR) is 76.3 cm³/mol. The average molecular weight is 333 g/mol. The molecule has 1 aliphatic carbocycles. The molecule has 1 heterocycles. The van der Waals surface area contributed by atoms with Crippen molar-refractivity contribution in [3.8, 4) is 0 Å². The minimum Gasteiger partial charge on any atom is -0.481 e. The zero-order valence-corrected chi connectivity index (χ0v) is 12.8. The fourth-order valence-electron chi connectivity index (χ4n) is 2.72. The number of rotatable bonds is 4. The maximum atomic E-state index is 11.2. The van der Waals surface area contributed by atoms with Crippen molar-refractivity contribution in [2.24, 2.45) is 0 Å². The summed E-state index contributed by atoms with van der Waals surface area (Å²) < 4.78 is 0.815. The molecule has 2 rings (SSSR count). The molecule has 100 valence electrons. The maximum absolute atomic E-state index is 11.2. The molecule has 0 spiro atoms. The van der Waals surface area contributed by atoms with Crippen molar-refractivity contribution in [1.82, 2.24) is 4.98 Å². The Morgan fingerprint density at radius 1 is 1.56 bits per heavy atom. The molecule has 0 atom stereocenters. The number of anilines is 1. The highest BCUT2D eigenvalue weighted by atomic mass is 79.9. The van der Waals surface area contributed by atoms with Crippen LogP contribution in [0.25, 0.3) is 0 Å². The van der Waals surface area contributed by atoms with Gasteiger partial charge in [-0.1, -0.05) is 19.3 Å². The first-order chi connectivity index (χ1) is 8.53. The van der Waals surface area contributed by atoms with Crippen LogP contribution in [0.2, 0.25) is 0 Å². The summed E-state index contributed by atoms with van der Waals surface area (Å²) in [5, 5.41) is 12.0. The minimum absolute atomic E-state index is 0.195. The van der Waals surface area contributed by atoms with Gasteiger partial charge in [0, 0.05) is 12.4 Å². The Balaban J connectivity index is 2.24. The molecule has 0 amide bonds. The summed E-state index contributed by atoms with van der Waals surface area (Å²) in [6, 6.07) is 0. The van der Waals surface area contributed by atoms with Crippen LogP contribution < -0.4 is 4.90 Å². The molecule has 0 unspecified atom stereocenters. The van der Waals surface area contributed by atoms with Gasteiger partial charge in [0.2, 0.25) is 0 Å². The highest BCUT2D eigenvalue weighted by molar-refractivity contribution is 9.10. The third-order valence-electron chi connectivity index (χ3n) is 3.73. The quantitative estimate of drug-likeness (QED) is 0.916. The zero-order chi connectivity index (χ0) is 13.2. The molecular formula is C12H17BrN2O2S. The van der Waals surface area contributed by atoms with Crippen LogP contribution in [0.1, 0.15) is 38.5 Å². The van der Waals surface area contributed by atoms with Gasteiger partial charge in [0.05, 0.1) is 12.0 Å². The first kappa shape index (κ1) is 13.8. The summed E-state index contributed by atoms with van der Waals surface area (Å²) in [5.74, 6) is -0.723. The van der Waals surface area contributed by atoms with Gasteiger partial charge in [-0.25, -0.2) is 4.98 Å². The van der Waals surface area contributed by atoms with Gasteiger partial charge in [-0.05, 0) is 28.8 Å². The van der Waals surface area contributed by atoms with Crippen LogP contribution in [0.15, 0.2) is 9.98 Å². The Morgan fingerprint density at radius 3 is 2.72 bits per heavy atom. The molecule has 1 fully saturated rings. The summed E-state index contributed by atoms with van der Waals surface area (Å²) in [4.78, 5) is 17.6. The highest BCUT2D eigenvalue weighted by Gasteiger charge is 2.39. The molecule has 0 bridgehead atoms. The minimum atomic E-state index is -0.723. The maximum Gasteiger partial charge on any atom is 0.305 e. The Kier molecular flexibility index (Phi) is 4.27. The van der Waals surface area contributed by atoms with Crippen LogP contribution in [-0.2, 0) is 4.79 Å². The van der Waals surface area contributed by atoms with Crippen LogP contribution in [0.3, 0.4) is 0 Å². The van der Waals surface area contributed by atoms with E-state index < -0.39 is 5.97 Å². The van der Waals surface area contributed by atoms with Gasteiger partial charge >= 0.3 is 5.97 Å². The second-order valence-electron chi connectivity index (χ2n) is 4.87. The predicted octanol–water partition coefficient (Wildman–Crippen LogP) is 3.52. The van der Waals surface area contributed by atoms with E-state index in [-0.39, 0.29) is 12.0 Å². The molecule has 1 aliphatic rings. The van der Waals surface area contributed by atoms with E-state index in [2.05, 4.69) is 25.8 Å². The number of halogens is 1. The van der Waals surface area contributed by atoms with Gasteiger partial charge in [0.15, 0.2) is 5.13 Å². The molecule has 0 aliphatic heterocycles. The second-order valence-corrected chi connectivity index (χ2v) is 6.52. The van der Waals surface area contributed by atoms with E-state index in [0.29, 0.717) is 0 Å². The smallest absolute Gasteiger partial charge is 0.305 e. The lowest BCUT2D eigenvalue weighted by Crippen LogP contribution is -2.49. The molecule has 0 radical (unpaired) electrons. The summed E-state index contributed by atoms with van der Waals surface area (Å²) in [6.07, 6.45) is 5.48. The van der Waals surface area contributed by atoms with Gasteiger partial charge < -0.3 is 10.0 Å². The van der Waals surface area contributed by atoms with E-state index in [0.717, 1.165) is 35.4 Å². The molecule has 0 aromatic carbocycles. The molecule has 1 N–H and O–H groups in total. The largest absolute Gasteiger partial charge is 0.481 e. The van der Waals surface area contributed by atoms with Gasteiger partial charge in [-0.15, -0.1) is 11.3 Å². The van der Waals surface area contributed by atoms with E-state index in [1.165, 1.54) is 6.42 Å². The first-order valence-corrected chi connectivity index (χ1v) is 7.77. The lowest BCUT2D eigenvalue weighted by atomic mass is 9.78. The number of aliphatic carboxylic acids is 1. The highest BCUT2D eigenvalue weighted by Crippen LogP contribution is 2.39. The molecule has 0 saturated heterocycles. The van der Waals surface area contributed by atoms with Crippen molar-refractivity contribution in [2.45, 2.75) is 44.1 Å². The number of carboxylic acids is 1. The molecule has 4 nitrogen and oxygen atoms in total. The molecule has 6 heteroatoms. The van der Waals surface area contributed by atoms with Crippen molar-refractivity contribution in [3.63, 3.8) is 0 Å². The normalized spacial score (nSPS) is 18.6. The van der Waals surface area contributed by atoms with E-state index >= 15 is 0 Å². The van der Waals surface area contributed by atoms with E-state index in [1.54, 1.807) is 11.3 Å². The zero-order valence-electron chi connectivity index (χ0n) is 10.4. The number of hydrogen-bond acceptors (Lipinski definition) is 4. The Hall–Kier alpha value is -0.620. The topological polar surface area (TPSA) is 53.4 Å². The fraction of sp³-hybridized carbons (Fsp3) is 0.667. The summed E-state index contributed by atoms with van der Waals surface area (Å²) in [5.41, 5.74) is -0.263. The Bertz CT molecular complexity index is 429. The van der Waals surface area contributed by atoms with Crippen molar-refractivity contribution >= 4 is 38.4 Å². The van der Waals surface area contributed by atoms with Gasteiger partial charge in [0.1, 0.15) is 4.60 Å². The third-order valence-corrected chi connectivity index (χ3v) is 5.35. The third kappa shape index (κ3) is 2.85. The van der Waals surface area contributed by atoms with Crippen molar-refractivity contribution in [3.05, 3.63) is 9.98 Å². The molecule has 1 aromatic rings. The van der Waals surface area contributed by atoms with Gasteiger partial charge in [0.25, 0.3) is 0 Å². The molecule has 1 aromatic heterocycles. The van der Waals surface area contributed by atoms with Gasteiger partial charge in [-0.2, -0.15) is 0 Å². The van der Waals surface area contributed by atoms with Crippen molar-refractivity contribution in [1.29, 1.82) is 0 Å². The van der Waals surface area contributed by atoms with E-state index in [4.69, 9.17) is 0 Å². The van der Waals surface area contributed by atoms with Crippen molar-refractivity contribution in [2.75, 3.05) is 11.9 Å².